The molecular weight excluding hydrogens is 450 g/mol. The number of carbonyl (C=O) groups excluding carboxylic acids is 1. The minimum Gasteiger partial charge on any atom is -0.378 e. The highest BCUT2D eigenvalue weighted by Crippen LogP contribution is 2.27. The molecule has 0 saturated carbocycles. The van der Waals surface area contributed by atoms with Gasteiger partial charge in [0, 0.05) is 44.1 Å². The largest absolute Gasteiger partial charge is 0.378 e. The summed E-state index contributed by atoms with van der Waals surface area (Å²) >= 11 is 1.58. The first-order chi connectivity index (χ1) is 16.5. The minimum atomic E-state index is -0.284. The number of amides is 1. The van der Waals surface area contributed by atoms with Gasteiger partial charge in [-0.2, -0.15) is 0 Å². The lowest BCUT2D eigenvalue weighted by molar-refractivity contribution is -0.142. The summed E-state index contributed by atoms with van der Waals surface area (Å²) in [7, 11) is 0. The Balaban J connectivity index is 1.29. The standard InChI is InChI=1S/C25H31N5O3S/c1-17-18(2)34-24-21(17)23(31)26-20(27-24)16-28-8-10-29(11-9-28)22(19-6-4-3-5-7-19)25(32)30-12-14-33-15-13-30/h3-7,22H,8-16H2,1-2H3,(H,26,27,31). The van der Waals surface area contributed by atoms with Crippen molar-refractivity contribution in [1.29, 1.82) is 0 Å². The smallest absolute Gasteiger partial charge is 0.259 e. The molecular formula is C25H31N5O3S. The Labute approximate surface area is 203 Å². The van der Waals surface area contributed by atoms with Gasteiger partial charge >= 0.3 is 0 Å². The van der Waals surface area contributed by atoms with Gasteiger partial charge in [-0.3, -0.25) is 19.4 Å². The van der Waals surface area contributed by atoms with Crippen molar-refractivity contribution in [3.8, 4) is 0 Å². The summed E-state index contributed by atoms with van der Waals surface area (Å²) in [5.41, 5.74) is 2.00. The Morgan fingerprint density at radius 2 is 1.79 bits per heavy atom. The molecule has 1 amide bonds. The van der Waals surface area contributed by atoms with E-state index in [1.165, 1.54) is 0 Å². The number of H-pyrrole nitrogens is 1. The second-order valence-corrected chi connectivity index (χ2v) is 10.2. The van der Waals surface area contributed by atoms with E-state index < -0.39 is 0 Å². The third-order valence-corrected chi connectivity index (χ3v) is 8.01. The summed E-state index contributed by atoms with van der Waals surface area (Å²) in [5.74, 6) is 0.860. The molecule has 0 aliphatic carbocycles. The molecule has 0 bridgehead atoms. The average Bonchev–Trinajstić information content (AvgIpc) is 3.15. The van der Waals surface area contributed by atoms with Crippen molar-refractivity contribution < 1.29 is 9.53 Å². The summed E-state index contributed by atoms with van der Waals surface area (Å²) in [6.45, 7) is 10.3. The van der Waals surface area contributed by atoms with E-state index in [0.717, 1.165) is 47.0 Å². The highest BCUT2D eigenvalue weighted by atomic mass is 32.1. The fraction of sp³-hybridized carbons (Fsp3) is 0.480. The number of morpholine rings is 1. The summed E-state index contributed by atoms with van der Waals surface area (Å²) in [5, 5.41) is 0.711. The topological polar surface area (TPSA) is 81.8 Å². The SMILES string of the molecule is Cc1sc2nc(CN3CCN(C(C(=O)N4CCOCC4)c4ccccc4)CC3)[nH]c(=O)c2c1C. The molecule has 2 aliphatic heterocycles. The molecule has 1 N–H and O–H groups in total. The maximum absolute atomic E-state index is 13.5. The Bertz CT molecular complexity index is 1210. The van der Waals surface area contributed by atoms with Gasteiger partial charge in [-0.05, 0) is 25.0 Å². The van der Waals surface area contributed by atoms with Crippen LogP contribution in [0.1, 0.15) is 27.9 Å². The lowest BCUT2D eigenvalue weighted by Gasteiger charge is -2.40. The number of ether oxygens (including phenoxy) is 1. The number of piperazine rings is 1. The molecule has 8 nitrogen and oxygen atoms in total. The predicted molar refractivity (Wildman–Crippen MR) is 133 cm³/mol. The normalized spacial score (nSPS) is 18.9. The first kappa shape index (κ1) is 23.2. The first-order valence-electron chi connectivity index (χ1n) is 11.9. The van der Waals surface area contributed by atoms with Crippen LogP contribution >= 0.6 is 11.3 Å². The van der Waals surface area contributed by atoms with Crippen LogP contribution in [0.25, 0.3) is 10.2 Å². The van der Waals surface area contributed by atoms with E-state index in [9.17, 15) is 9.59 Å². The van der Waals surface area contributed by atoms with E-state index in [-0.39, 0.29) is 17.5 Å². The number of thiophene rings is 1. The van der Waals surface area contributed by atoms with Gasteiger partial charge in [0.1, 0.15) is 16.7 Å². The number of benzene rings is 1. The van der Waals surface area contributed by atoms with Gasteiger partial charge in [-0.15, -0.1) is 11.3 Å². The number of fused-ring (bicyclic) bond motifs is 1. The molecule has 2 aromatic heterocycles. The fourth-order valence-electron chi connectivity index (χ4n) is 4.87. The molecule has 5 rings (SSSR count). The lowest BCUT2D eigenvalue weighted by atomic mass is 10.0. The lowest BCUT2D eigenvalue weighted by Crippen LogP contribution is -2.53. The van der Waals surface area contributed by atoms with E-state index in [1.54, 1.807) is 11.3 Å². The van der Waals surface area contributed by atoms with Crippen LogP contribution < -0.4 is 5.56 Å². The van der Waals surface area contributed by atoms with Crippen molar-refractivity contribution >= 4 is 27.5 Å². The Morgan fingerprint density at radius 1 is 1.09 bits per heavy atom. The number of aryl methyl sites for hydroxylation is 2. The number of hydrogen-bond acceptors (Lipinski definition) is 7. The van der Waals surface area contributed by atoms with Crippen molar-refractivity contribution in [2.24, 2.45) is 0 Å². The minimum absolute atomic E-state index is 0.0549. The van der Waals surface area contributed by atoms with Crippen LogP contribution in [0.3, 0.4) is 0 Å². The fourth-order valence-corrected chi connectivity index (χ4v) is 5.92. The predicted octanol–water partition coefficient (Wildman–Crippen LogP) is 2.32. The van der Waals surface area contributed by atoms with Crippen LogP contribution in [0.4, 0.5) is 0 Å². The molecule has 2 fully saturated rings. The zero-order valence-electron chi connectivity index (χ0n) is 19.7. The van der Waals surface area contributed by atoms with E-state index in [2.05, 4.69) is 14.8 Å². The van der Waals surface area contributed by atoms with Crippen LogP contribution in [-0.4, -0.2) is 83.1 Å². The third kappa shape index (κ3) is 4.65. The van der Waals surface area contributed by atoms with Gasteiger partial charge in [-0.1, -0.05) is 30.3 Å². The number of rotatable bonds is 5. The first-order valence-corrected chi connectivity index (χ1v) is 12.7. The van der Waals surface area contributed by atoms with Gasteiger partial charge in [0.15, 0.2) is 0 Å². The third-order valence-electron chi connectivity index (χ3n) is 6.91. The molecule has 9 heteroatoms. The zero-order valence-corrected chi connectivity index (χ0v) is 20.6. The second-order valence-electron chi connectivity index (χ2n) is 9.04. The molecule has 4 heterocycles. The second kappa shape index (κ2) is 9.95. The highest BCUT2D eigenvalue weighted by Gasteiger charge is 2.34. The van der Waals surface area contributed by atoms with Gasteiger partial charge in [0.05, 0.1) is 25.1 Å². The van der Waals surface area contributed by atoms with Crippen molar-refractivity contribution in [2.45, 2.75) is 26.4 Å². The van der Waals surface area contributed by atoms with E-state index >= 15 is 0 Å². The quantitative estimate of drug-likeness (QED) is 0.602. The molecule has 180 valence electrons. The summed E-state index contributed by atoms with van der Waals surface area (Å²) in [6.07, 6.45) is 0. The molecule has 34 heavy (non-hydrogen) atoms. The monoisotopic (exact) mass is 481 g/mol. The van der Waals surface area contributed by atoms with Crippen molar-refractivity contribution in [1.82, 2.24) is 24.7 Å². The maximum atomic E-state index is 13.5. The molecule has 2 aliphatic rings. The number of nitrogens with zero attached hydrogens (tertiary/aromatic N) is 4. The number of aromatic nitrogens is 2. The summed E-state index contributed by atoms with van der Waals surface area (Å²) < 4.78 is 5.45. The summed E-state index contributed by atoms with van der Waals surface area (Å²) in [6, 6.07) is 9.79. The van der Waals surface area contributed by atoms with Crippen molar-refractivity contribution in [3.05, 3.63) is 62.5 Å². The molecule has 1 atom stereocenters. The molecule has 1 unspecified atom stereocenters. The summed E-state index contributed by atoms with van der Waals surface area (Å²) in [4.78, 5) is 42.4. The van der Waals surface area contributed by atoms with Gasteiger partial charge in [-0.25, -0.2) is 4.98 Å². The van der Waals surface area contributed by atoms with Crippen LogP contribution in [0.15, 0.2) is 35.1 Å². The highest BCUT2D eigenvalue weighted by molar-refractivity contribution is 7.18. The van der Waals surface area contributed by atoms with Crippen LogP contribution in [0.5, 0.6) is 0 Å². The van der Waals surface area contributed by atoms with Crippen LogP contribution in [0.2, 0.25) is 0 Å². The molecule has 2 saturated heterocycles. The molecule has 3 aromatic rings. The number of nitrogens with one attached hydrogen (secondary N) is 1. The number of aromatic amines is 1. The van der Waals surface area contributed by atoms with Crippen molar-refractivity contribution in [3.63, 3.8) is 0 Å². The van der Waals surface area contributed by atoms with E-state index in [1.807, 2.05) is 49.1 Å². The average molecular weight is 482 g/mol. The molecule has 0 radical (unpaired) electrons. The molecule has 1 aromatic carbocycles. The van der Waals surface area contributed by atoms with Crippen molar-refractivity contribution in [2.75, 3.05) is 52.5 Å². The van der Waals surface area contributed by atoms with Crippen LogP contribution in [-0.2, 0) is 16.1 Å². The number of carbonyl (C=O) groups is 1. The van der Waals surface area contributed by atoms with Gasteiger partial charge < -0.3 is 14.6 Å². The zero-order chi connectivity index (χ0) is 23.7. The van der Waals surface area contributed by atoms with Gasteiger partial charge in [0.2, 0.25) is 5.91 Å². The molecule has 0 spiro atoms. The Kier molecular flexibility index (Phi) is 6.78. The van der Waals surface area contributed by atoms with Gasteiger partial charge in [0.25, 0.3) is 5.56 Å². The maximum Gasteiger partial charge on any atom is 0.259 e. The number of hydrogen-bond donors (Lipinski definition) is 1. The van der Waals surface area contributed by atoms with E-state index in [0.29, 0.717) is 44.1 Å². The van der Waals surface area contributed by atoms with Crippen LogP contribution in [0, 0.1) is 13.8 Å². The Hall–Kier alpha value is -2.59. The Morgan fingerprint density at radius 3 is 2.50 bits per heavy atom. The van der Waals surface area contributed by atoms with E-state index in [4.69, 9.17) is 9.72 Å².